The van der Waals surface area contributed by atoms with Gasteiger partial charge in [0.25, 0.3) is 0 Å². The van der Waals surface area contributed by atoms with E-state index in [4.69, 9.17) is 5.11 Å². The highest BCUT2D eigenvalue weighted by Crippen LogP contribution is 2.30. The fourth-order valence-corrected chi connectivity index (χ4v) is 3.12. The number of nitrogens with zero attached hydrogens (tertiary/aromatic N) is 2. The van der Waals surface area contributed by atoms with Crippen molar-refractivity contribution in [2.24, 2.45) is 0 Å². The molecule has 2 atom stereocenters. The van der Waals surface area contributed by atoms with Crippen LogP contribution in [0.2, 0.25) is 0 Å². The lowest BCUT2D eigenvalue weighted by atomic mass is 10.2. The van der Waals surface area contributed by atoms with Gasteiger partial charge in [-0.3, -0.25) is 4.90 Å². The third-order valence-corrected chi connectivity index (χ3v) is 4.22. The van der Waals surface area contributed by atoms with Crippen molar-refractivity contribution in [1.82, 2.24) is 9.88 Å². The molecule has 16 heavy (non-hydrogen) atoms. The van der Waals surface area contributed by atoms with Crippen molar-refractivity contribution in [1.29, 1.82) is 0 Å². The van der Waals surface area contributed by atoms with Crippen LogP contribution in [0.3, 0.4) is 0 Å². The van der Waals surface area contributed by atoms with Gasteiger partial charge in [-0.15, -0.1) is 11.3 Å². The van der Waals surface area contributed by atoms with Gasteiger partial charge in [-0.05, 0) is 33.2 Å². The van der Waals surface area contributed by atoms with E-state index in [-0.39, 0.29) is 11.7 Å². The molecule has 1 aliphatic rings. The molecule has 0 spiro atoms. The Morgan fingerprint density at radius 2 is 2.50 bits per heavy atom. The Morgan fingerprint density at radius 1 is 1.75 bits per heavy atom. The van der Waals surface area contributed by atoms with Gasteiger partial charge < -0.3 is 5.11 Å². The first-order valence-corrected chi connectivity index (χ1v) is 6.42. The maximum absolute atomic E-state index is 10.8. The SMILES string of the molecule is CC1CCCN1C(C)c1nc(C(=O)O)cs1. The number of carboxylic acid groups (broad SMARTS) is 1. The first-order chi connectivity index (χ1) is 7.59. The molecule has 1 aromatic rings. The summed E-state index contributed by atoms with van der Waals surface area (Å²) in [4.78, 5) is 17.3. The van der Waals surface area contributed by atoms with Crippen molar-refractivity contribution in [3.8, 4) is 0 Å². The second-order valence-corrected chi connectivity index (χ2v) is 5.17. The molecule has 1 aromatic heterocycles. The molecule has 1 saturated heterocycles. The van der Waals surface area contributed by atoms with Crippen LogP contribution >= 0.6 is 11.3 Å². The highest BCUT2D eigenvalue weighted by atomic mass is 32.1. The topological polar surface area (TPSA) is 53.4 Å². The fourth-order valence-electron chi connectivity index (χ4n) is 2.25. The minimum absolute atomic E-state index is 0.165. The van der Waals surface area contributed by atoms with Crippen molar-refractivity contribution in [3.63, 3.8) is 0 Å². The number of thiazole rings is 1. The predicted molar refractivity (Wildman–Crippen MR) is 62.9 cm³/mol. The highest BCUT2D eigenvalue weighted by Gasteiger charge is 2.27. The van der Waals surface area contributed by atoms with Crippen molar-refractivity contribution >= 4 is 17.3 Å². The molecule has 1 aliphatic heterocycles. The Balaban J connectivity index is 2.13. The molecule has 0 radical (unpaired) electrons. The summed E-state index contributed by atoms with van der Waals surface area (Å²) in [5.41, 5.74) is 0.165. The Hall–Kier alpha value is -0.940. The molecule has 2 rings (SSSR count). The van der Waals surface area contributed by atoms with Crippen LogP contribution in [0.15, 0.2) is 5.38 Å². The largest absolute Gasteiger partial charge is 0.476 e. The summed E-state index contributed by atoms with van der Waals surface area (Å²) in [5.74, 6) is -0.941. The molecule has 0 aromatic carbocycles. The lowest BCUT2D eigenvalue weighted by Crippen LogP contribution is -2.29. The van der Waals surface area contributed by atoms with Crippen LogP contribution in [0.25, 0.3) is 0 Å². The second kappa shape index (κ2) is 4.51. The highest BCUT2D eigenvalue weighted by molar-refractivity contribution is 7.09. The van der Waals surface area contributed by atoms with E-state index in [1.807, 2.05) is 0 Å². The third-order valence-electron chi connectivity index (χ3n) is 3.20. The van der Waals surface area contributed by atoms with E-state index < -0.39 is 5.97 Å². The Kier molecular flexibility index (Phi) is 3.25. The molecule has 1 fully saturated rings. The zero-order valence-corrected chi connectivity index (χ0v) is 10.3. The zero-order chi connectivity index (χ0) is 11.7. The lowest BCUT2D eigenvalue weighted by molar-refractivity contribution is 0.0691. The summed E-state index contributed by atoms with van der Waals surface area (Å²) in [6.07, 6.45) is 2.45. The van der Waals surface area contributed by atoms with E-state index in [0.717, 1.165) is 11.6 Å². The summed E-state index contributed by atoms with van der Waals surface area (Å²) >= 11 is 1.44. The first-order valence-electron chi connectivity index (χ1n) is 5.54. The molecule has 1 N–H and O–H groups in total. The number of aromatic nitrogens is 1. The average molecular weight is 240 g/mol. The van der Waals surface area contributed by atoms with Gasteiger partial charge in [-0.25, -0.2) is 9.78 Å². The smallest absolute Gasteiger partial charge is 0.355 e. The van der Waals surface area contributed by atoms with Crippen LogP contribution < -0.4 is 0 Å². The number of hydrogen-bond acceptors (Lipinski definition) is 4. The van der Waals surface area contributed by atoms with Crippen molar-refractivity contribution in [3.05, 3.63) is 16.1 Å². The molecule has 5 heteroatoms. The maximum atomic E-state index is 10.8. The number of carboxylic acids is 1. The number of carbonyl (C=O) groups is 1. The van der Waals surface area contributed by atoms with E-state index in [0.29, 0.717) is 6.04 Å². The van der Waals surface area contributed by atoms with Gasteiger partial charge in [0.05, 0.1) is 6.04 Å². The predicted octanol–water partition coefficient (Wildman–Crippen LogP) is 2.39. The van der Waals surface area contributed by atoms with Crippen molar-refractivity contribution in [2.45, 2.75) is 38.8 Å². The summed E-state index contributed by atoms with van der Waals surface area (Å²) < 4.78 is 0. The minimum atomic E-state index is -0.941. The van der Waals surface area contributed by atoms with Crippen LogP contribution in [0.5, 0.6) is 0 Å². The number of likely N-dealkylation sites (tertiary alicyclic amines) is 1. The van der Waals surface area contributed by atoms with E-state index in [9.17, 15) is 4.79 Å². The average Bonchev–Trinajstić information content (AvgIpc) is 2.84. The molecular formula is C11H16N2O2S. The van der Waals surface area contributed by atoms with Crippen LogP contribution in [0, 0.1) is 0 Å². The standard InChI is InChI=1S/C11H16N2O2S/c1-7-4-3-5-13(7)8(2)10-12-9(6-16-10)11(14)15/h6-8H,3-5H2,1-2H3,(H,14,15). The Labute approximate surface area is 98.9 Å². The fraction of sp³-hybridized carbons (Fsp3) is 0.636. The molecule has 0 bridgehead atoms. The van der Waals surface area contributed by atoms with Crippen LogP contribution in [-0.2, 0) is 0 Å². The molecule has 0 saturated carbocycles. The van der Waals surface area contributed by atoms with Gasteiger partial charge >= 0.3 is 5.97 Å². The van der Waals surface area contributed by atoms with E-state index in [2.05, 4.69) is 23.7 Å². The van der Waals surface area contributed by atoms with E-state index in [1.165, 1.54) is 24.2 Å². The zero-order valence-electron chi connectivity index (χ0n) is 9.51. The summed E-state index contributed by atoms with van der Waals surface area (Å²) in [5, 5.41) is 11.4. The van der Waals surface area contributed by atoms with Gasteiger partial charge in [0.2, 0.25) is 0 Å². The molecule has 2 heterocycles. The monoisotopic (exact) mass is 240 g/mol. The van der Waals surface area contributed by atoms with E-state index in [1.54, 1.807) is 5.38 Å². The molecular weight excluding hydrogens is 224 g/mol. The number of hydrogen-bond donors (Lipinski definition) is 1. The molecule has 2 unspecified atom stereocenters. The summed E-state index contributed by atoms with van der Waals surface area (Å²) in [6.45, 7) is 5.41. The van der Waals surface area contributed by atoms with Gasteiger partial charge in [0, 0.05) is 11.4 Å². The molecule has 88 valence electrons. The van der Waals surface area contributed by atoms with Crippen LogP contribution in [0.4, 0.5) is 0 Å². The van der Waals surface area contributed by atoms with Gasteiger partial charge in [0.15, 0.2) is 5.69 Å². The van der Waals surface area contributed by atoms with Gasteiger partial charge in [0.1, 0.15) is 5.01 Å². The van der Waals surface area contributed by atoms with Crippen LogP contribution in [0.1, 0.15) is 48.2 Å². The minimum Gasteiger partial charge on any atom is -0.476 e. The second-order valence-electron chi connectivity index (χ2n) is 4.28. The van der Waals surface area contributed by atoms with Crippen molar-refractivity contribution < 1.29 is 9.90 Å². The normalized spacial score (nSPS) is 23.5. The quantitative estimate of drug-likeness (QED) is 0.881. The molecule has 0 aliphatic carbocycles. The van der Waals surface area contributed by atoms with E-state index >= 15 is 0 Å². The van der Waals surface area contributed by atoms with Gasteiger partial charge in [-0.2, -0.15) is 0 Å². The van der Waals surface area contributed by atoms with Gasteiger partial charge in [-0.1, -0.05) is 0 Å². The maximum Gasteiger partial charge on any atom is 0.355 e. The number of rotatable bonds is 3. The summed E-state index contributed by atoms with van der Waals surface area (Å²) in [7, 11) is 0. The molecule has 0 amide bonds. The first kappa shape index (κ1) is 11.5. The summed E-state index contributed by atoms with van der Waals surface area (Å²) in [6, 6.07) is 0.808. The Bertz CT molecular complexity index is 391. The lowest BCUT2D eigenvalue weighted by Gasteiger charge is -2.26. The van der Waals surface area contributed by atoms with Crippen LogP contribution in [-0.4, -0.2) is 33.5 Å². The Morgan fingerprint density at radius 3 is 3.00 bits per heavy atom. The number of aromatic carboxylic acids is 1. The third kappa shape index (κ3) is 2.10. The molecule has 4 nitrogen and oxygen atoms in total. The van der Waals surface area contributed by atoms with Crippen molar-refractivity contribution in [2.75, 3.05) is 6.54 Å².